The lowest BCUT2D eigenvalue weighted by molar-refractivity contribution is -0.204. The maximum atomic E-state index is 13.3. The number of hydrogen-bond donors (Lipinski definition) is 0. The van der Waals surface area contributed by atoms with Crippen LogP contribution in [0.3, 0.4) is 0 Å². The highest BCUT2D eigenvalue weighted by Crippen LogP contribution is 2.22. The van der Waals surface area contributed by atoms with E-state index in [1.54, 1.807) is 0 Å². The van der Waals surface area contributed by atoms with E-state index in [4.69, 9.17) is 21.1 Å². The van der Waals surface area contributed by atoms with E-state index in [9.17, 15) is 8.78 Å². The van der Waals surface area contributed by atoms with Gasteiger partial charge >= 0.3 is 0 Å². The second kappa shape index (κ2) is 8.80. The van der Waals surface area contributed by atoms with Crippen molar-refractivity contribution in [3.05, 3.63) is 34.4 Å². The standard InChI is InChI=1S/C17H23ClF2O2/c1-2-5-13-10-21-16(22-11-13)7-4-3-6-12-8-14(19)17(18)15(20)9-12/h8-9,13,16H,2-7,10-11H2,1H3. The molecule has 0 spiro atoms. The van der Waals surface area contributed by atoms with Gasteiger partial charge in [0, 0.05) is 5.92 Å². The topological polar surface area (TPSA) is 18.5 Å². The van der Waals surface area contributed by atoms with E-state index in [2.05, 4.69) is 6.92 Å². The summed E-state index contributed by atoms with van der Waals surface area (Å²) in [5, 5.41) is -0.436. The zero-order valence-corrected chi connectivity index (χ0v) is 13.7. The first kappa shape index (κ1) is 17.6. The molecule has 1 aromatic rings. The molecule has 0 bridgehead atoms. The number of aryl methyl sites for hydroxylation is 1. The number of hydrogen-bond acceptors (Lipinski definition) is 2. The van der Waals surface area contributed by atoms with Gasteiger partial charge in [-0.15, -0.1) is 0 Å². The van der Waals surface area contributed by atoms with E-state index in [-0.39, 0.29) is 6.29 Å². The van der Waals surface area contributed by atoms with Crippen LogP contribution in [0.2, 0.25) is 5.02 Å². The predicted molar refractivity (Wildman–Crippen MR) is 83.0 cm³/mol. The molecule has 1 aliphatic heterocycles. The SMILES string of the molecule is CCCC1COC(CCCCc2cc(F)c(Cl)c(F)c2)OC1. The minimum atomic E-state index is -0.697. The lowest BCUT2D eigenvalue weighted by Crippen LogP contribution is -2.31. The molecule has 0 amide bonds. The number of halogens is 3. The Labute approximate surface area is 135 Å². The summed E-state index contributed by atoms with van der Waals surface area (Å²) in [6.45, 7) is 3.70. The summed E-state index contributed by atoms with van der Waals surface area (Å²) in [5.41, 5.74) is 0.632. The smallest absolute Gasteiger partial charge is 0.157 e. The molecule has 1 fully saturated rings. The molecule has 1 heterocycles. The maximum absolute atomic E-state index is 13.3. The number of ether oxygens (including phenoxy) is 2. The van der Waals surface area contributed by atoms with Crippen molar-refractivity contribution in [1.82, 2.24) is 0 Å². The van der Waals surface area contributed by atoms with E-state index < -0.39 is 16.7 Å². The highest BCUT2D eigenvalue weighted by molar-refractivity contribution is 6.30. The fourth-order valence-corrected chi connectivity index (χ4v) is 2.83. The third kappa shape index (κ3) is 5.18. The Morgan fingerprint density at radius 3 is 2.32 bits per heavy atom. The van der Waals surface area contributed by atoms with Crippen molar-refractivity contribution in [2.24, 2.45) is 5.92 Å². The maximum Gasteiger partial charge on any atom is 0.157 e. The van der Waals surface area contributed by atoms with Gasteiger partial charge in [0.25, 0.3) is 0 Å². The molecule has 0 saturated carbocycles. The van der Waals surface area contributed by atoms with Gasteiger partial charge in [-0.1, -0.05) is 24.9 Å². The zero-order valence-electron chi connectivity index (χ0n) is 12.9. The normalized spacial score (nSPS) is 22.0. The number of benzene rings is 1. The van der Waals surface area contributed by atoms with Crippen LogP contribution in [0.5, 0.6) is 0 Å². The van der Waals surface area contributed by atoms with Crippen LogP contribution in [0, 0.1) is 17.6 Å². The Morgan fingerprint density at radius 2 is 1.73 bits per heavy atom. The highest BCUT2D eigenvalue weighted by Gasteiger charge is 2.21. The van der Waals surface area contributed by atoms with E-state index >= 15 is 0 Å². The number of unbranched alkanes of at least 4 members (excludes halogenated alkanes) is 1. The molecule has 0 aromatic heterocycles. The van der Waals surface area contributed by atoms with Gasteiger partial charge in [0.2, 0.25) is 0 Å². The Hall–Kier alpha value is -0.710. The third-order valence-electron chi connectivity index (χ3n) is 3.93. The van der Waals surface area contributed by atoms with Crippen LogP contribution in [-0.2, 0) is 15.9 Å². The Morgan fingerprint density at radius 1 is 1.09 bits per heavy atom. The van der Waals surface area contributed by atoms with Crippen LogP contribution >= 0.6 is 11.6 Å². The molecule has 0 unspecified atom stereocenters. The largest absolute Gasteiger partial charge is 0.352 e. The van der Waals surface area contributed by atoms with Gasteiger partial charge in [0.05, 0.1) is 13.2 Å². The van der Waals surface area contributed by atoms with Crippen LogP contribution < -0.4 is 0 Å². The van der Waals surface area contributed by atoms with Crippen LogP contribution in [0.1, 0.15) is 44.6 Å². The second-order valence-corrected chi connectivity index (χ2v) is 6.25. The number of rotatable bonds is 7. The molecule has 2 nitrogen and oxygen atoms in total. The summed E-state index contributed by atoms with van der Waals surface area (Å²) in [5.74, 6) is -0.878. The molecule has 124 valence electrons. The zero-order chi connectivity index (χ0) is 15.9. The molecule has 1 aliphatic rings. The fraction of sp³-hybridized carbons (Fsp3) is 0.647. The lowest BCUT2D eigenvalue weighted by atomic mass is 10.0. The Bertz CT molecular complexity index is 451. The van der Waals surface area contributed by atoms with Crippen molar-refractivity contribution in [1.29, 1.82) is 0 Å². The van der Waals surface area contributed by atoms with Crippen molar-refractivity contribution in [3.63, 3.8) is 0 Å². The monoisotopic (exact) mass is 332 g/mol. The van der Waals surface area contributed by atoms with Gasteiger partial charge in [-0.2, -0.15) is 0 Å². The van der Waals surface area contributed by atoms with Gasteiger partial charge in [0.15, 0.2) is 6.29 Å². The van der Waals surface area contributed by atoms with Crippen LogP contribution in [0.15, 0.2) is 12.1 Å². The summed E-state index contributed by atoms with van der Waals surface area (Å²) < 4.78 is 38.0. The van der Waals surface area contributed by atoms with E-state index in [1.165, 1.54) is 12.1 Å². The Kier molecular flexibility index (Phi) is 7.06. The first-order valence-corrected chi connectivity index (χ1v) is 8.34. The fourth-order valence-electron chi connectivity index (χ4n) is 2.72. The predicted octanol–water partition coefficient (Wildman–Crippen LogP) is 5.12. The molecule has 1 aromatic carbocycles. The molecule has 22 heavy (non-hydrogen) atoms. The molecule has 2 rings (SSSR count). The van der Waals surface area contributed by atoms with Gasteiger partial charge in [0.1, 0.15) is 16.7 Å². The van der Waals surface area contributed by atoms with Crippen molar-refractivity contribution in [3.8, 4) is 0 Å². The molecule has 0 atom stereocenters. The average molecular weight is 333 g/mol. The molecular weight excluding hydrogens is 310 g/mol. The third-order valence-corrected chi connectivity index (χ3v) is 4.29. The summed E-state index contributed by atoms with van der Waals surface area (Å²) in [7, 11) is 0. The summed E-state index contributed by atoms with van der Waals surface area (Å²) in [4.78, 5) is 0. The first-order valence-electron chi connectivity index (χ1n) is 7.96. The lowest BCUT2D eigenvalue weighted by Gasteiger charge is -2.29. The first-order chi connectivity index (χ1) is 10.6. The van der Waals surface area contributed by atoms with Crippen LogP contribution in [0.25, 0.3) is 0 Å². The van der Waals surface area contributed by atoms with Crippen molar-refractivity contribution >= 4 is 11.6 Å². The van der Waals surface area contributed by atoms with E-state index in [1.807, 2.05) is 0 Å². The van der Waals surface area contributed by atoms with Crippen LogP contribution in [0.4, 0.5) is 8.78 Å². The Balaban J connectivity index is 1.66. The minimum Gasteiger partial charge on any atom is -0.352 e. The van der Waals surface area contributed by atoms with Crippen molar-refractivity contribution in [2.45, 2.75) is 51.7 Å². The quantitative estimate of drug-likeness (QED) is 0.509. The van der Waals surface area contributed by atoms with Gasteiger partial charge < -0.3 is 9.47 Å². The van der Waals surface area contributed by atoms with E-state index in [0.29, 0.717) is 17.9 Å². The summed E-state index contributed by atoms with van der Waals surface area (Å²) in [6.07, 6.45) is 5.33. The highest BCUT2D eigenvalue weighted by atomic mass is 35.5. The molecule has 0 aliphatic carbocycles. The van der Waals surface area contributed by atoms with Crippen LogP contribution in [-0.4, -0.2) is 19.5 Å². The molecule has 0 N–H and O–H groups in total. The van der Waals surface area contributed by atoms with Gasteiger partial charge in [-0.25, -0.2) is 8.78 Å². The molecule has 1 saturated heterocycles. The van der Waals surface area contributed by atoms with Crippen molar-refractivity contribution < 1.29 is 18.3 Å². The van der Waals surface area contributed by atoms with Crippen molar-refractivity contribution in [2.75, 3.05) is 13.2 Å². The van der Waals surface area contributed by atoms with E-state index in [0.717, 1.165) is 45.3 Å². The average Bonchev–Trinajstić information content (AvgIpc) is 2.51. The molecule has 5 heteroatoms. The van der Waals surface area contributed by atoms with Gasteiger partial charge in [-0.05, 0) is 49.8 Å². The van der Waals surface area contributed by atoms with Gasteiger partial charge in [-0.3, -0.25) is 0 Å². The summed E-state index contributed by atoms with van der Waals surface area (Å²) >= 11 is 5.46. The summed E-state index contributed by atoms with van der Waals surface area (Å²) in [6, 6.07) is 2.60. The minimum absolute atomic E-state index is 0.133. The molecular formula is C17H23ClF2O2. The second-order valence-electron chi connectivity index (χ2n) is 5.87. The molecule has 0 radical (unpaired) electrons.